The van der Waals surface area contributed by atoms with Crippen molar-refractivity contribution in [1.82, 2.24) is 10.2 Å². The summed E-state index contributed by atoms with van der Waals surface area (Å²) in [6.45, 7) is 0. The molecular weight excluding hydrogens is 212 g/mol. The number of benzene rings is 1. The average Bonchev–Trinajstić information content (AvgIpc) is 2.71. The summed E-state index contributed by atoms with van der Waals surface area (Å²) < 4.78 is 21.0. The zero-order valence-corrected chi connectivity index (χ0v) is 8.78. The molecular formula is C10H10N2O2S. The lowest BCUT2D eigenvalue weighted by Gasteiger charge is -1.98. The standard InChI is InChI=1S/C10H10N2O2S/c13-15(14)7-8-1-3-9(4-2-8)10-5-6-11-12-10/h1-6,15H,7H2,(H,11,12). The Labute approximate surface area is 88.9 Å². The Bertz CT molecular complexity index is 493. The summed E-state index contributed by atoms with van der Waals surface area (Å²) in [6, 6.07) is 9.20. The van der Waals surface area contributed by atoms with Crippen LogP contribution in [0, 0.1) is 0 Å². The molecule has 0 unspecified atom stereocenters. The monoisotopic (exact) mass is 222 g/mol. The number of aromatic nitrogens is 2. The highest BCUT2D eigenvalue weighted by molar-refractivity contribution is 7.71. The molecule has 78 valence electrons. The molecule has 1 N–H and O–H groups in total. The summed E-state index contributed by atoms with van der Waals surface area (Å²) in [6.07, 6.45) is 1.75. The van der Waals surface area contributed by atoms with Gasteiger partial charge in [-0.1, -0.05) is 24.3 Å². The lowest BCUT2D eigenvalue weighted by Crippen LogP contribution is -1.86. The van der Waals surface area contributed by atoms with Crippen LogP contribution in [0.15, 0.2) is 36.5 Å². The van der Waals surface area contributed by atoms with Crippen LogP contribution in [0.25, 0.3) is 11.3 Å². The lowest BCUT2D eigenvalue weighted by atomic mass is 10.1. The summed E-state index contributed by atoms with van der Waals surface area (Å²) in [5.41, 5.74) is 2.62. The van der Waals surface area contributed by atoms with Crippen molar-refractivity contribution in [2.75, 3.05) is 0 Å². The van der Waals surface area contributed by atoms with E-state index < -0.39 is 10.7 Å². The third-order valence-electron chi connectivity index (χ3n) is 2.06. The molecule has 0 atom stereocenters. The molecule has 5 heteroatoms. The highest BCUT2D eigenvalue weighted by Crippen LogP contribution is 2.16. The molecule has 0 fully saturated rings. The molecule has 2 aromatic rings. The molecule has 0 aliphatic heterocycles. The van der Waals surface area contributed by atoms with Crippen LogP contribution in [0.2, 0.25) is 0 Å². The van der Waals surface area contributed by atoms with Crippen LogP contribution in [0.3, 0.4) is 0 Å². The van der Waals surface area contributed by atoms with Crippen molar-refractivity contribution >= 4 is 10.7 Å². The van der Waals surface area contributed by atoms with Crippen LogP contribution in [0.4, 0.5) is 0 Å². The van der Waals surface area contributed by atoms with E-state index in [0.717, 1.165) is 16.8 Å². The maximum atomic E-state index is 10.5. The Morgan fingerprint density at radius 1 is 1.13 bits per heavy atom. The average molecular weight is 222 g/mol. The van der Waals surface area contributed by atoms with Gasteiger partial charge in [0.25, 0.3) is 0 Å². The smallest absolute Gasteiger partial charge is 0.144 e. The van der Waals surface area contributed by atoms with Crippen molar-refractivity contribution in [3.63, 3.8) is 0 Å². The number of aromatic amines is 1. The molecule has 1 heterocycles. The molecule has 0 aliphatic carbocycles. The van der Waals surface area contributed by atoms with E-state index in [4.69, 9.17) is 0 Å². The molecule has 0 saturated carbocycles. The Hall–Kier alpha value is -1.62. The zero-order valence-electron chi connectivity index (χ0n) is 7.88. The first-order valence-electron chi connectivity index (χ1n) is 4.46. The quantitative estimate of drug-likeness (QED) is 0.767. The third-order valence-corrected chi connectivity index (χ3v) is 2.69. The fourth-order valence-electron chi connectivity index (χ4n) is 1.35. The summed E-state index contributed by atoms with van der Waals surface area (Å²) in [5.74, 6) is 0.0934. The van der Waals surface area contributed by atoms with Gasteiger partial charge >= 0.3 is 0 Å². The second-order valence-corrected chi connectivity index (χ2v) is 4.13. The van der Waals surface area contributed by atoms with E-state index in [2.05, 4.69) is 10.2 Å². The van der Waals surface area contributed by atoms with Crippen LogP contribution in [-0.2, 0) is 16.5 Å². The number of hydrogen-bond donors (Lipinski definition) is 2. The largest absolute Gasteiger partial charge is 0.285 e. The van der Waals surface area contributed by atoms with E-state index in [1.54, 1.807) is 18.3 Å². The lowest BCUT2D eigenvalue weighted by molar-refractivity contribution is 0.614. The van der Waals surface area contributed by atoms with Crippen LogP contribution in [-0.4, -0.2) is 18.6 Å². The third kappa shape index (κ3) is 2.44. The van der Waals surface area contributed by atoms with Gasteiger partial charge in [-0.3, -0.25) is 5.10 Å². The van der Waals surface area contributed by atoms with E-state index in [9.17, 15) is 8.42 Å². The molecule has 0 saturated heterocycles. The van der Waals surface area contributed by atoms with Gasteiger partial charge in [-0.2, -0.15) is 5.10 Å². The van der Waals surface area contributed by atoms with Gasteiger partial charge in [-0.15, -0.1) is 0 Å². The first kappa shape index (κ1) is 9.92. The first-order valence-corrected chi connectivity index (χ1v) is 5.83. The second-order valence-electron chi connectivity index (χ2n) is 3.15. The van der Waals surface area contributed by atoms with E-state index in [1.165, 1.54) is 0 Å². The number of rotatable bonds is 3. The van der Waals surface area contributed by atoms with Gasteiger partial charge < -0.3 is 0 Å². The van der Waals surface area contributed by atoms with Gasteiger partial charge in [0.05, 0.1) is 11.4 Å². The van der Waals surface area contributed by atoms with Gasteiger partial charge in [0.15, 0.2) is 0 Å². The molecule has 15 heavy (non-hydrogen) atoms. The van der Waals surface area contributed by atoms with E-state index in [1.807, 2.05) is 18.2 Å². The Kier molecular flexibility index (Phi) is 2.82. The molecule has 0 aliphatic rings. The molecule has 0 radical (unpaired) electrons. The fraction of sp³-hybridized carbons (Fsp3) is 0.100. The molecule has 1 aromatic carbocycles. The van der Waals surface area contributed by atoms with Crippen molar-refractivity contribution in [2.24, 2.45) is 0 Å². The van der Waals surface area contributed by atoms with Crippen LogP contribution >= 0.6 is 0 Å². The van der Waals surface area contributed by atoms with Crippen molar-refractivity contribution in [3.05, 3.63) is 42.1 Å². The van der Waals surface area contributed by atoms with E-state index >= 15 is 0 Å². The van der Waals surface area contributed by atoms with E-state index in [-0.39, 0.29) is 5.75 Å². The van der Waals surface area contributed by atoms with Gasteiger partial charge in [0, 0.05) is 11.8 Å². The predicted molar refractivity (Wildman–Crippen MR) is 58.0 cm³/mol. The number of nitrogens with zero attached hydrogens (tertiary/aromatic N) is 1. The number of hydrogen-bond acceptors (Lipinski definition) is 3. The molecule has 0 spiro atoms. The SMILES string of the molecule is O=[SH](=O)Cc1ccc(-c2cc[nH]n2)cc1. The van der Waals surface area contributed by atoms with Gasteiger partial charge in [-0.25, -0.2) is 8.42 Å². The minimum absolute atomic E-state index is 0.0934. The van der Waals surface area contributed by atoms with Crippen molar-refractivity contribution < 1.29 is 8.42 Å². The number of H-pyrrole nitrogens is 1. The van der Waals surface area contributed by atoms with Crippen molar-refractivity contribution in [2.45, 2.75) is 5.75 Å². The summed E-state index contributed by atoms with van der Waals surface area (Å²) >= 11 is 0. The first-order chi connectivity index (χ1) is 7.25. The summed E-state index contributed by atoms with van der Waals surface area (Å²) in [5, 5.41) is 6.76. The molecule has 4 nitrogen and oxygen atoms in total. The minimum atomic E-state index is -2.35. The van der Waals surface area contributed by atoms with Gasteiger partial charge in [0.1, 0.15) is 10.7 Å². The topological polar surface area (TPSA) is 62.8 Å². The predicted octanol–water partition coefficient (Wildman–Crippen LogP) is 1.19. The van der Waals surface area contributed by atoms with Crippen molar-refractivity contribution in [1.29, 1.82) is 0 Å². The van der Waals surface area contributed by atoms with Crippen molar-refractivity contribution in [3.8, 4) is 11.3 Å². The van der Waals surface area contributed by atoms with Crippen LogP contribution in [0.5, 0.6) is 0 Å². The number of thiol groups is 1. The van der Waals surface area contributed by atoms with Crippen LogP contribution in [0.1, 0.15) is 5.56 Å². The molecule has 0 bridgehead atoms. The minimum Gasteiger partial charge on any atom is -0.285 e. The van der Waals surface area contributed by atoms with E-state index in [0.29, 0.717) is 0 Å². The highest BCUT2D eigenvalue weighted by atomic mass is 32.2. The molecule has 0 amide bonds. The second kappa shape index (κ2) is 4.27. The normalized spacial score (nSPS) is 10.7. The summed E-state index contributed by atoms with van der Waals surface area (Å²) in [7, 11) is -2.35. The number of nitrogens with one attached hydrogen (secondary N) is 1. The fourth-order valence-corrected chi connectivity index (χ4v) is 1.86. The highest BCUT2D eigenvalue weighted by Gasteiger charge is 1.99. The summed E-state index contributed by atoms with van der Waals surface area (Å²) in [4.78, 5) is 0. The molecule has 2 rings (SSSR count). The zero-order chi connectivity index (χ0) is 10.7. The van der Waals surface area contributed by atoms with Crippen LogP contribution < -0.4 is 0 Å². The van der Waals surface area contributed by atoms with Gasteiger partial charge in [-0.05, 0) is 11.6 Å². The Morgan fingerprint density at radius 2 is 1.87 bits per heavy atom. The molecule has 1 aromatic heterocycles. The maximum Gasteiger partial charge on any atom is 0.144 e. The Balaban J connectivity index is 2.24. The van der Waals surface area contributed by atoms with Gasteiger partial charge in [0.2, 0.25) is 0 Å². The maximum absolute atomic E-state index is 10.5. The Morgan fingerprint density at radius 3 is 2.40 bits per heavy atom.